The summed E-state index contributed by atoms with van der Waals surface area (Å²) in [6, 6.07) is 0. The van der Waals surface area contributed by atoms with Crippen molar-refractivity contribution in [3.63, 3.8) is 0 Å². The van der Waals surface area contributed by atoms with Crippen molar-refractivity contribution in [1.29, 1.82) is 5.41 Å². The van der Waals surface area contributed by atoms with Crippen LogP contribution in [0.15, 0.2) is 0 Å². The molecule has 2 nitrogen and oxygen atoms in total. The first-order valence-corrected chi connectivity index (χ1v) is 3.29. The normalized spacial score (nSPS) is 8.75. The maximum Gasteiger partial charge on any atom is 0.140 e. The molecule has 0 aliphatic rings. The summed E-state index contributed by atoms with van der Waals surface area (Å²) in [5.41, 5.74) is 0. The van der Waals surface area contributed by atoms with Gasteiger partial charge in [0.1, 0.15) is 5.78 Å². The topological polar surface area (TPSA) is 40.9 Å². The van der Waals surface area contributed by atoms with Crippen molar-refractivity contribution in [1.82, 2.24) is 0 Å². The van der Waals surface area contributed by atoms with E-state index in [1.165, 1.54) is 18.7 Å². The highest BCUT2D eigenvalue weighted by molar-refractivity contribution is 8.14. The van der Waals surface area contributed by atoms with E-state index in [1.54, 1.807) is 6.92 Å². The van der Waals surface area contributed by atoms with Crippen molar-refractivity contribution in [2.45, 2.75) is 13.8 Å². The van der Waals surface area contributed by atoms with Gasteiger partial charge in [0.2, 0.25) is 0 Å². The van der Waals surface area contributed by atoms with Gasteiger partial charge in [0.25, 0.3) is 0 Å². The van der Waals surface area contributed by atoms with Crippen LogP contribution in [0.4, 0.5) is 0 Å². The lowest BCUT2D eigenvalue weighted by Crippen LogP contribution is -1.95. The van der Waals surface area contributed by atoms with Crippen LogP contribution in [0.25, 0.3) is 0 Å². The van der Waals surface area contributed by atoms with Gasteiger partial charge in [0, 0.05) is 0 Å². The Balaban J connectivity index is 3.18. The number of nitrogens with one attached hydrogen (secondary N) is 1. The highest BCUT2D eigenvalue weighted by Crippen LogP contribution is 1.99. The highest BCUT2D eigenvalue weighted by atomic mass is 32.2. The average Bonchev–Trinajstić information content (AvgIpc) is 1.61. The SMILES string of the molecule is CC(=N)SCC(C)=O. The summed E-state index contributed by atoms with van der Waals surface area (Å²) < 4.78 is 0. The molecule has 1 N–H and O–H groups in total. The van der Waals surface area contributed by atoms with Gasteiger partial charge in [-0.25, -0.2) is 0 Å². The summed E-state index contributed by atoms with van der Waals surface area (Å²) >= 11 is 1.27. The summed E-state index contributed by atoms with van der Waals surface area (Å²) in [7, 11) is 0. The van der Waals surface area contributed by atoms with E-state index in [4.69, 9.17) is 5.41 Å². The van der Waals surface area contributed by atoms with E-state index in [0.717, 1.165) is 0 Å². The Morgan fingerprint density at radius 1 is 1.62 bits per heavy atom. The first kappa shape index (κ1) is 7.69. The van der Waals surface area contributed by atoms with Crippen LogP contribution >= 0.6 is 11.8 Å². The molecule has 0 aromatic heterocycles. The molecule has 0 spiro atoms. The summed E-state index contributed by atoms with van der Waals surface area (Å²) in [5, 5.41) is 7.40. The van der Waals surface area contributed by atoms with Crippen molar-refractivity contribution in [3.8, 4) is 0 Å². The molecule has 8 heavy (non-hydrogen) atoms. The number of ketones is 1. The molecular formula is C5H9NOS. The summed E-state index contributed by atoms with van der Waals surface area (Å²) in [5.74, 6) is 0.566. The Hall–Kier alpha value is -0.310. The Kier molecular flexibility index (Phi) is 3.52. The van der Waals surface area contributed by atoms with Gasteiger partial charge in [-0.15, -0.1) is 11.8 Å². The molecule has 0 atom stereocenters. The predicted molar refractivity (Wildman–Crippen MR) is 36.5 cm³/mol. The molecule has 0 fully saturated rings. The van der Waals surface area contributed by atoms with Crippen LogP contribution in [0.2, 0.25) is 0 Å². The third-order valence-corrected chi connectivity index (χ3v) is 1.48. The molecule has 0 aliphatic carbocycles. The van der Waals surface area contributed by atoms with Gasteiger partial charge in [-0.2, -0.15) is 0 Å². The van der Waals surface area contributed by atoms with E-state index in [1.807, 2.05) is 0 Å². The van der Waals surface area contributed by atoms with Crippen molar-refractivity contribution < 1.29 is 4.79 Å². The molecule has 0 aliphatic heterocycles. The Labute approximate surface area is 53.2 Å². The molecule has 46 valence electrons. The van der Waals surface area contributed by atoms with Gasteiger partial charge in [0.15, 0.2) is 0 Å². The smallest absolute Gasteiger partial charge is 0.140 e. The van der Waals surface area contributed by atoms with Gasteiger partial charge in [-0.3, -0.25) is 10.2 Å². The molecule has 0 bridgehead atoms. The molecule has 0 heterocycles. The summed E-state index contributed by atoms with van der Waals surface area (Å²) in [6.45, 7) is 3.20. The molecule has 0 saturated carbocycles. The lowest BCUT2D eigenvalue weighted by molar-refractivity contribution is -0.114. The van der Waals surface area contributed by atoms with Crippen LogP contribution in [-0.2, 0) is 4.79 Å². The maximum absolute atomic E-state index is 10.2. The lowest BCUT2D eigenvalue weighted by atomic mass is 10.5. The van der Waals surface area contributed by atoms with Gasteiger partial charge >= 0.3 is 0 Å². The standard InChI is InChI=1S/C5H9NOS/c1-4(7)3-8-5(2)6/h6H,3H2,1-2H3. The van der Waals surface area contributed by atoms with Crippen LogP contribution in [0, 0.1) is 5.41 Å². The predicted octanol–water partition coefficient (Wildman–Crippen LogP) is 1.31. The average molecular weight is 131 g/mol. The van der Waals surface area contributed by atoms with Crippen LogP contribution in [0.3, 0.4) is 0 Å². The second-order valence-electron chi connectivity index (χ2n) is 1.55. The number of carbonyl (C=O) groups is 1. The van der Waals surface area contributed by atoms with Crippen molar-refractivity contribution in [3.05, 3.63) is 0 Å². The van der Waals surface area contributed by atoms with E-state index >= 15 is 0 Å². The number of hydrogen-bond acceptors (Lipinski definition) is 3. The zero-order chi connectivity index (χ0) is 6.57. The molecule has 0 amide bonds. The second-order valence-corrected chi connectivity index (χ2v) is 2.74. The Morgan fingerprint density at radius 3 is 2.25 bits per heavy atom. The quantitative estimate of drug-likeness (QED) is 0.453. The van der Waals surface area contributed by atoms with E-state index in [9.17, 15) is 4.79 Å². The monoisotopic (exact) mass is 131 g/mol. The van der Waals surface area contributed by atoms with Crippen molar-refractivity contribution in [2.75, 3.05) is 5.75 Å². The minimum absolute atomic E-state index is 0.126. The molecule has 0 saturated heterocycles. The minimum atomic E-state index is 0.126. The second kappa shape index (κ2) is 3.66. The van der Waals surface area contributed by atoms with Gasteiger partial charge in [0.05, 0.1) is 10.8 Å². The third-order valence-electron chi connectivity index (χ3n) is 0.492. The number of rotatable bonds is 2. The van der Waals surface area contributed by atoms with E-state index in [2.05, 4.69) is 0 Å². The number of thioether (sulfide) groups is 1. The largest absolute Gasteiger partial charge is 0.299 e. The van der Waals surface area contributed by atoms with Crippen LogP contribution in [0.1, 0.15) is 13.8 Å². The minimum Gasteiger partial charge on any atom is -0.299 e. The van der Waals surface area contributed by atoms with E-state index in [0.29, 0.717) is 10.8 Å². The van der Waals surface area contributed by atoms with Crippen LogP contribution in [0.5, 0.6) is 0 Å². The van der Waals surface area contributed by atoms with Gasteiger partial charge < -0.3 is 0 Å². The molecule has 0 aromatic rings. The molecular weight excluding hydrogens is 122 g/mol. The fourth-order valence-electron chi connectivity index (χ4n) is 0.210. The zero-order valence-corrected chi connectivity index (χ0v) is 5.84. The van der Waals surface area contributed by atoms with Gasteiger partial charge in [-0.1, -0.05) is 0 Å². The molecule has 3 heteroatoms. The van der Waals surface area contributed by atoms with Crippen molar-refractivity contribution >= 4 is 22.6 Å². The van der Waals surface area contributed by atoms with Gasteiger partial charge in [-0.05, 0) is 13.8 Å². The Morgan fingerprint density at radius 2 is 2.12 bits per heavy atom. The summed E-state index contributed by atoms with van der Waals surface area (Å²) in [4.78, 5) is 10.2. The fourth-order valence-corrected chi connectivity index (χ4v) is 0.630. The highest BCUT2D eigenvalue weighted by Gasteiger charge is 1.92. The van der Waals surface area contributed by atoms with E-state index in [-0.39, 0.29) is 5.78 Å². The fraction of sp³-hybridized carbons (Fsp3) is 0.600. The first-order valence-electron chi connectivity index (χ1n) is 2.30. The van der Waals surface area contributed by atoms with Crippen LogP contribution < -0.4 is 0 Å². The third kappa shape index (κ3) is 5.69. The Bertz CT molecular complexity index is 97.0. The zero-order valence-electron chi connectivity index (χ0n) is 5.02. The molecule has 0 aromatic carbocycles. The number of hydrogen-bond donors (Lipinski definition) is 1. The molecule has 0 radical (unpaired) electrons. The van der Waals surface area contributed by atoms with Crippen LogP contribution in [-0.4, -0.2) is 16.6 Å². The summed E-state index contributed by atoms with van der Waals surface area (Å²) in [6.07, 6.45) is 0. The number of Topliss-reactive ketones (excluding diaryl/α,β-unsaturated/α-hetero) is 1. The molecule has 0 rings (SSSR count). The maximum atomic E-state index is 10.2. The van der Waals surface area contributed by atoms with E-state index < -0.39 is 0 Å². The van der Waals surface area contributed by atoms with Crippen molar-refractivity contribution in [2.24, 2.45) is 0 Å². The first-order chi connectivity index (χ1) is 3.63. The lowest BCUT2D eigenvalue weighted by Gasteiger charge is -1.90. The number of carbonyl (C=O) groups excluding carboxylic acids is 1. The molecule has 0 unspecified atom stereocenters.